The van der Waals surface area contributed by atoms with Gasteiger partial charge in [0.25, 0.3) is 0 Å². The molecule has 1 nitrogen and oxygen atoms in total. The Labute approximate surface area is 263 Å². The van der Waals surface area contributed by atoms with Gasteiger partial charge in [0.05, 0.1) is 11.0 Å². The van der Waals surface area contributed by atoms with Gasteiger partial charge in [0.15, 0.2) is 0 Å². The highest BCUT2D eigenvalue weighted by atomic mass is 15.0. The molecule has 0 saturated carbocycles. The van der Waals surface area contributed by atoms with Gasteiger partial charge in [-0.3, -0.25) is 0 Å². The second kappa shape index (κ2) is 8.31. The van der Waals surface area contributed by atoms with E-state index in [2.05, 4.69) is 160 Å². The van der Waals surface area contributed by atoms with Crippen molar-refractivity contribution in [2.24, 2.45) is 0 Å². The Hall–Kier alpha value is -5.14. The third-order valence-corrected chi connectivity index (χ3v) is 11.1. The Balaban J connectivity index is 1.43. The van der Waals surface area contributed by atoms with Gasteiger partial charge in [0.2, 0.25) is 0 Å². The zero-order valence-corrected chi connectivity index (χ0v) is 26.1. The summed E-state index contributed by atoms with van der Waals surface area (Å²) in [6.45, 7) is 9.53. The molecule has 0 N–H and O–H groups in total. The van der Waals surface area contributed by atoms with E-state index in [0.29, 0.717) is 0 Å². The van der Waals surface area contributed by atoms with Crippen LogP contribution in [0.1, 0.15) is 49.9 Å². The molecule has 0 atom stereocenters. The lowest BCUT2D eigenvalue weighted by Crippen LogP contribution is -2.23. The molecule has 1 heterocycles. The molecule has 214 valence electrons. The van der Waals surface area contributed by atoms with Crippen molar-refractivity contribution in [2.45, 2.75) is 38.5 Å². The molecule has 1 aromatic heterocycles. The average Bonchev–Trinajstić information content (AvgIpc) is 3.51. The van der Waals surface area contributed by atoms with Crippen LogP contribution in [0.25, 0.3) is 71.3 Å². The Morgan fingerprint density at radius 3 is 1.93 bits per heavy atom. The minimum Gasteiger partial charge on any atom is -0.309 e. The quantitative estimate of drug-likeness (QED) is 0.183. The summed E-state index contributed by atoms with van der Waals surface area (Å²) in [7, 11) is 0. The van der Waals surface area contributed by atoms with Crippen molar-refractivity contribution in [2.75, 3.05) is 0 Å². The summed E-state index contributed by atoms with van der Waals surface area (Å²) in [6.07, 6.45) is 0. The Morgan fingerprint density at radius 2 is 1.09 bits per heavy atom. The predicted octanol–water partition coefficient (Wildman–Crippen LogP) is 11.7. The third-order valence-electron chi connectivity index (χ3n) is 11.1. The molecule has 2 aliphatic carbocycles. The summed E-state index contributed by atoms with van der Waals surface area (Å²) in [5.41, 5.74) is 14.6. The fourth-order valence-corrected chi connectivity index (χ4v) is 8.99. The molecular weight excluding hydrogens is 542 g/mol. The molecule has 0 aliphatic heterocycles. The Kier molecular flexibility index (Phi) is 4.66. The number of benzene rings is 7. The van der Waals surface area contributed by atoms with Crippen LogP contribution in [-0.4, -0.2) is 4.57 Å². The number of hydrogen-bond donors (Lipinski definition) is 0. The molecule has 0 spiro atoms. The molecule has 0 unspecified atom stereocenters. The summed E-state index contributed by atoms with van der Waals surface area (Å²) < 4.78 is 2.58. The van der Waals surface area contributed by atoms with E-state index in [-0.39, 0.29) is 10.8 Å². The van der Waals surface area contributed by atoms with Gasteiger partial charge in [-0.15, -0.1) is 0 Å². The average molecular weight is 576 g/mol. The van der Waals surface area contributed by atoms with Crippen LogP contribution in [0.5, 0.6) is 0 Å². The summed E-state index contributed by atoms with van der Waals surface area (Å²) in [5.74, 6) is 0. The first kappa shape index (κ1) is 25.2. The van der Waals surface area contributed by atoms with Gasteiger partial charge in [-0.2, -0.15) is 0 Å². The molecule has 45 heavy (non-hydrogen) atoms. The maximum atomic E-state index is 2.58. The highest BCUT2D eigenvalue weighted by Crippen LogP contribution is 2.54. The maximum Gasteiger partial charge on any atom is 0.0626 e. The maximum absolute atomic E-state index is 2.58. The minimum atomic E-state index is -0.0936. The van der Waals surface area contributed by atoms with Crippen LogP contribution in [0, 0.1) is 0 Å². The van der Waals surface area contributed by atoms with Crippen molar-refractivity contribution in [1.82, 2.24) is 4.57 Å². The molecule has 10 rings (SSSR count). The first-order chi connectivity index (χ1) is 21.9. The summed E-state index contributed by atoms with van der Waals surface area (Å²) >= 11 is 0. The predicted molar refractivity (Wildman–Crippen MR) is 191 cm³/mol. The monoisotopic (exact) mass is 575 g/mol. The van der Waals surface area contributed by atoms with Gasteiger partial charge in [-0.25, -0.2) is 0 Å². The van der Waals surface area contributed by atoms with E-state index < -0.39 is 0 Å². The minimum absolute atomic E-state index is 0.0713. The number of fused-ring (bicyclic) bond motifs is 11. The van der Waals surface area contributed by atoms with Gasteiger partial charge >= 0.3 is 0 Å². The van der Waals surface area contributed by atoms with Gasteiger partial charge < -0.3 is 4.57 Å². The fourth-order valence-electron chi connectivity index (χ4n) is 8.99. The first-order valence-corrected chi connectivity index (χ1v) is 16.1. The van der Waals surface area contributed by atoms with Crippen LogP contribution in [0.2, 0.25) is 0 Å². The molecular formula is C44H33N. The highest BCUT2D eigenvalue weighted by molar-refractivity contribution is 6.28. The van der Waals surface area contributed by atoms with Crippen molar-refractivity contribution in [1.29, 1.82) is 0 Å². The number of hydrogen-bond acceptors (Lipinski definition) is 0. The number of rotatable bonds is 1. The summed E-state index contributed by atoms with van der Waals surface area (Å²) in [6, 6.07) is 48.2. The SMILES string of the molecule is CC1(C)c2ccccc2-c2ccc(-n3c4ccc5ccccc5c4c4cc5cccc6c5c(c43)-c3ccccc3C6(C)C)cc21. The Bertz CT molecular complexity index is 2590. The normalized spacial score (nSPS) is 15.5. The van der Waals surface area contributed by atoms with Crippen LogP contribution >= 0.6 is 0 Å². The molecule has 2 aliphatic rings. The van der Waals surface area contributed by atoms with E-state index in [1.54, 1.807) is 0 Å². The lowest BCUT2D eigenvalue weighted by molar-refractivity contribution is 0.645. The second-order valence-electron chi connectivity index (χ2n) is 14.1. The lowest BCUT2D eigenvalue weighted by Gasteiger charge is -2.35. The molecule has 0 radical (unpaired) electrons. The second-order valence-corrected chi connectivity index (χ2v) is 14.1. The van der Waals surface area contributed by atoms with Crippen LogP contribution in [0.4, 0.5) is 0 Å². The van der Waals surface area contributed by atoms with Crippen LogP contribution in [-0.2, 0) is 10.8 Å². The zero-order valence-electron chi connectivity index (χ0n) is 26.1. The lowest BCUT2D eigenvalue weighted by atomic mass is 9.68. The summed E-state index contributed by atoms with van der Waals surface area (Å²) in [5, 5.41) is 7.93. The molecule has 7 aromatic carbocycles. The molecule has 0 saturated heterocycles. The van der Waals surface area contributed by atoms with Crippen LogP contribution in [0.3, 0.4) is 0 Å². The van der Waals surface area contributed by atoms with Crippen molar-refractivity contribution < 1.29 is 0 Å². The van der Waals surface area contributed by atoms with E-state index in [1.807, 2.05) is 0 Å². The van der Waals surface area contributed by atoms with Gasteiger partial charge in [0, 0.05) is 32.9 Å². The molecule has 0 amide bonds. The molecule has 1 heteroatoms. The largest absolute Gasteiger partial charge is 0.309 e. The van der Waals surface area contributed by atoms with E-state index in [0.717, 1.165) is 0 Å². The van der Waals surface area contributed by atoms with Crippen LogP contribution in [0.15, 0.2) is 127 Å². The summed E-state index contributed by atoms with van der Waals surface area (Å²) in [4.78, 5) is 0. The van der Waals surface area contributed by atoms with Crippen LogP contribution < -0.4 is 0 Å². The van der Waals surface area contributed by atoms with Gasteiger partial charge in [0.1, 0.15) is 0 Å². The van der Waals surface area contributed by atoms with Crippen molar-refractivity contribution in [3.05, 3.63) is 150 Å². The third kappa shape index (κ3) is 3.04. The number of nitrogens with zero attached hydrogens (tertiary/aromatic N) is 1. The first-order valence-electron chi connectivity index (χ1n) is 16.1. The zero-order chi connectivity index (χ0) is 30.2. The van der Waals surface area contributed by atoms with Crippen molar-refractivity contribution >= 4 is 43.4 Å². The van der Waals surface area contributed by atoms with Crippen molar-refractivity contribution in [3.8, 4) is 27.9 Å². The van der Waals surface area contributed by atoms with Gasteiger partial charge in [-0.05, 0) is 84.8 Å². The van der Waals surface area contributed by atoms with E-state index in [1.165, 1.54) is 93.5 Å². The van der Waals surface area contributed by atoms with E-state index in [9.17, 15) is 0 Å². The fraction of sp³-hybridized carbons (Fsp3) is 0.136. The van der Waals surface area contributed by atoms with E-state index in [4.69, 9.17) is 0 Å². The molecule has 0 bridgehead atoms. The Morgan fingerprint density at radius 1 is 0.444 bits per heavy atom. The molecule has 8 aromatic rings. The molecule has 0 fully saturated rings. The number of aromatic nitrogens is 1. The van der Waals surface area contributed by atoms with Gasteiger partial charge in [-0.1, -0.05) is 131 Å². The van der Waals surface area contributed by atoms with E-state index >= 15 is 0 Å². The topological polar surface area (TPSA) is 4.93 Å². The van der Waals surface area contributed by atoms with Crippen molar-refractivity contribution in [3.63, 3.8) is 0 Å². The standard InChI is InChI=1S/C44H33N/c1-43(2)35-18-10-8-16-32(35)41-39-27(13-11-19-36(39)43)24-33-40-29-14-6-5-12-26(29)20-23-38(40)45(42(33)41)28-21-22-31-30-15-7-9-17-34(30)44(3,4)37(31)25-28/h5-25H,1-4H3. The highest BCUT2D eigenvalue weighted by Gasteiger charge is 2.37. The smallest absolute Gasteiger partial charge is 0.0626 e.